The van der Waals surface area contributed by atoms with Gasteiger partial charge in [0.1, 0.15) is 11.6 Å². The molecule has 3 aromatic rings. The molecule has 1 amide bonds. The average Bonchev–Trinajstić information content (AvgIpc) is 3.43. The molecular weight excluding hydrogens is 612 g/mol. The number of aryl methyl sites for hydroxylation is 1. The molecule has 6 rings (SSSR count). The van der Waals surface area contributed by atoms with Crippen molar-refractivity contribution >= 4 is 17.4 Å². The van der Waals surface area contributed by atoms with E-state index in [-0.39, 0.29) is 5.91 Å². The third-order valence-electron chi connectivity index (χ3n) is 11.5. The molecule has 49 heavy (non-hydrogen) atoms. The normalized spacial score (nSPS) is 19.9. The third-order valence-corrected chi connectivity index (χ3v) is 11.5. The van der Waals surface area contributed by atoms with Crippen LogP contribution in [-0.2, 0) is 20.1 Å². The smallest absolute Gasteiger partial charge is 0.251 e. The number of benzene rings is 2. The van der Waals surface area contributed by atoms with Gasteiger partial charge in [-0.05, 0) is 126 Å². The van der Waals surface area contributed by atoms with Crippen LogP contribution in [0, 0.1) is 6.92 Å². The monoisotopic (exact) mass is 670 g/mol. The van der Waals surface area contributed by atoms with Gasteiger partial charge < -0.3 is 24.6 Å². The molecule has 1 aromatic heterocycles. The van der Waals surface area contributed by atoms with Gasteiger partial charge in [0.2, 0.25) is 5.88 Å². The molecule has 2 heterocycles. The molecule has 3 aliphatic rings. The lowest BCUT2D eigenvalue weighted by Gasteiger charge is -2.41. The lowest BCUT2D eigenvalue weighted by molar-refractivity contribution is 0.0950. The van der Waals surface area contributed by atoms with Crippen LogP contribution in [0.3, 0.4) is 0 Å². The molecule has 1 aliphatic heterocycles. The molecule has 0 bridgehead atoms. The maximum absolute atomic E-state index is 14.1. The van der Waals surface area contributed by atoms with Crippen LogP contribution in [0.4, 0.5) is 11.5 Å². The fraction of sp³-hybridized carbons (Fsp3) is 0.600. The van der Waals surface area contributed by atoms with Crippen molar-refractivity contribution in [2.45, 2.75) is 109 Å². The number of carbonyl (C=O) groups excluding carboxylic acids is 1. The molecule has 0 unspecified atom stereocenters. The molecule has 2 aliphatic carbocycles. The first-order chi connectivity index (χ1) is 23.8. The zero-order valence-electron chi connectivity index (χ0n) is 30.8. The van der Waals surface area contributed by atoms with Crippen LogP contribution in [0.25, 0.3) is 0 Å². The first kappa shape index (κ1) is 35.1. The molecule has 9 heteroatoms. The molecule has 0 atom stereocenters. The summed E-state index contributed by atoms with van der Waals surface area (Å²) in [6.07, 6.45) is 11.9. The summed E-state index contributed by atoms with van der Waals surface area (Å²) in [5.41, 5.74) is 6.67. The molecule has 1 saturated heterocycles. The van der Waals surface area contributed by atoms with Gasteiger partial charge in [-0.1, -0.05) is 18.6 Å². The van der Waals surface area contributed by atoms with E-state index < -0.39 is 0 Å². The summed E-state index contributed by atoms with van der Waals surface area (Å²) in [6.45, 7) is 8.66. The summed E-state index contributed by atoms with van der Waals surface area (Å²) in [5, 5.41) is 7.96. The Morgan fingerprint density at radius 2 is 1.69 bits per heavy atom. The molecule has 1 N–H and O–H groups in total. The number of aromatic nitrogens is 2. The van der Waals surface area contributed by atoms with E-state index >= 15 is 0 Å². The fourth-order valence-corrected chi connectivity index (χ4v) is 8.47. The first-order valence-electron chi connectivity index (χ1n) is 18.7. The Hall–Kier alpha value is -3.72. The van der Waals surface area contributed by atoms with Gasteiger partial charge in [0.15, 0.2) is 0 Å². The highest BCUT2D eigenvalue weighted by molar-refractivity contribution is 5.97. The number of hydrogen-bond donors (Lipinski definition) is 1. The van der Waals surface area contributed by atoms with E-state index in [4.69, 9.17) is 9.47 Å². The number of anilines is 2. The number of rotatable bonds is 13. The molecule has 2 aromatic carbocycles. The van der Waals surface area contributed by atoms with Gasteiger partial charge in [-0.15, -0.1) is 5.10 Å². The van der Waals surface area contributed by atoms with Gasteiger partial charge in [-0.25, -0.2) is 4.68 Å². The second-order valence-electron chi connectivity index (χ2n) is 14.5. The highest BCUT2D eigenvalue weighted by atomic mass is 16.5. The second kappa shape index (κ2) is 15.9. The van der Waals surface area contributed by atoms with Crippen molar-refractivity contribution in [1.82, 2.24) is 20.0 Å². The highest BCUT2D eigenvalue weighted by Crippen LogP contribution is 2.41. The number of nitrogens with zero attached hydrogens (tertiary/aromatic N) is 5. The van der Waals surface area contributed by atoms with E-state index in [1.54, 1.807) is 14.2 Å². The van der Waals surface area contributed by atoms with Crippen molar-refractivity contribution in [3.8, 4) is 11.6 Å². The molecule has 266 valence electrons. The number of piperidine rings is 1. The maximum Gasteiger partial charge on any atom is 0.251 e. The molecule has 9 nitrogen and oxygen atoms in total. The van der Waals surface area contributed by atoms with E-state index in [1.807, 2.05) is 17.8 Å². The number of amides is 1. The number of ether oxygens (including phenoxy) is 2. The van der Waals surface area contributed by atoms with Crippen LogP contribution in [-0.4, -0.2) is 73.6 Å². The highest BCUT2D eigenvalue weighted by Gasteiger charge is 2.31. The predicted octanol–water partition coefficient (Wildman–Crippen LogP) is 7.20. The molecule has 0 radical (unpaired) electrons. The molecule has 3 fully saturated rings. The van der Waals surface area contributed by atoms with Crippen LogP contribution in [0.1, 0.15) is 110 Å². The molecule has 0 spiro atoms. The summed E-state index contributed by atoms with van der Waals surface area (Å²) in [7, 11) is 7.63. The van der Waals surface area contributed by atoms with Crippen molar-refractivity contribution in [2.24, 2.45) is 7.05 Å². The largest absolute Gasteiger partial charge is 0.497 e. The minimum atomic E-state index is -0.0191. The van der Waals surface area contributed by atoms with Crippen LogP contribution in [0.15, 0.2) is 36.4 Å². The van der Waals surface area contributed by atoms with E-state index in [2.05, 4.69) is 76.3 Å². The average molecular weight is 671 g/mol. The maximum atomic E-state index is 14.1. The van der Waals surface area contributed by atoms with Crippen LogP contribution >= 0.6 is 0 Å². The van der Waals surface area contributed by atoms with E-state index in [9.17, 15) is 4.79 Å². The third kappa shape index (κ3) is 7.72. The number of hydrogen-bond acceptors (Lipinski definition) is 7. The Kier molecular flexibility index (Phi) is 11.4. The first-order valence-corrected chi connectivity index (χ1v) is 18.7. The van der Waals surface area contributed by atoms with E-state index in [0.29, 0.717) is 30.4 Å². The summed E-state index contributed by atoms with van der Waals surface area (Å²) in [4.78, 5) is 21.6. The van der Waals surface area contributed by atoms with Crippen molar-refractivity contribution in [1.29, 1.82) is 0 Å². The lowest BCUT2D eigenvalue weighted by Crippen LogP contribution is -2.43. The summed E-state index contributed by atoms with van der Waals surface area (Å²) in [5.74, 6) is 3.08. The Bertz CT molecular complexity index is 1570. The molecular formula is C40H58N6O3. The topological polar surface area (TPSA) is 75.1 Å². The zero-order valence-corrected chi connectivity index (χ0v) is 30.8. The van der Waals surface area contributed by atoms with Crippen molar-refractivity contribution in [2.75, 3.05) is 50.7 Å². The zero-order chi connectivity index (χ0) is 34.5. The predicted molar refractivity (Wildman–Crippen MR) is 198 cm³/mol. The van der Waals surface area contributed by atoms with E-state index in [0.717, 1.165) is 67.3 Å². The standard InChI is InChI=1S/C40H58N6O3/c1-7-46(33-19-17-32(18-20-33)43(3)27-29-13-11-16-34(23-29)48-5)37-25-31(30-14-12-15-30)24-35(28(37)2)38(47)41-26-36-39(49-6)42-44(4)40(36)45-21-9-8-10-22-45/h11,13,16,23-25,30,32-33H,7-10,12,14-15,17-22,26-27H2,1-6H3,(H,41,47). The second-order valence-corrected chi connectivity index (χ2v) is 14.5. The number of carbonyl (C=O) groups is 1. The van der Waals surface area contributed by atoms with Crippen molar-refractivity contribution < 1.29 is 14.3 Å². The lowest BCUT2D eigenvalue weighted by atomic mass is 9.78. The minimum absolute atomic E-state index is 0.0191. The van der Waals surface area contributed by atoms with Crippen molar-refractivity contribution in [3.63, 3.8) is 0 Å². The Morgan fingerprint density at radius 3 is 2.35 bits per heavy atom. The summed E-state index contributed by atoms with van der Waals surface area (Å²) >= 11 is 0. The van der Waals surface area contributed by atoms with Crippen molar-refractivity contribution in [3.05, 3.63) is 64.2 Å². The fourth-order valence-electron chi connectivity index (χ4n) is 8.47. The quantitative estimate of drug-likeness (QED) is 0.206. The van der Waals surface area contributed by atoms with Crippen LogP contribution in [0.5, 0.6) is 11.6 Å². The van der Waals surface area contributed by atoms with E-state index in [1.165, 1.54) is 68.2 Å². The van der Waals surface area contributed by atoms with Gasteiger partial charge >= 0.3 is 0 Å². The number of methoxy groups -OCH3 is 2. The van der Waals surface area contributed by atoms with Crippen LogP contribution in [0.2, 0.25) is 0 Å². The summed E-state index contributed by atoms with van der Waals surface area (Å²) in [6, 6.07) is 14.0. The SMILES string of the molecule is CCN(c1cc(C2CCC2)cc(C(=O)NCc2c(OC)nn(C)c2N2CCCCC2)c1C)C1CCC(N(C)Cc2cccc(OC)c2)CC1. The van der Waals surface area contributed by atoms with Gasteiger partial charge in [0, 0.05) is 56.6 Å². The van der Waals surface area contributed by atoms with Gasteiger partial charge in [0.05, 0.1) is 26.3 Å². The Morgan fingerprint density at radius 1 is 0.959 bits per heavy atom. The minimum Gasteiger partial charge on any atom is -0.497 e. The van der Waals surface area contributed by atoms with Gasteiger partial charge in [0.25, 0.3) is 5.91 Å². The van der Waals surface area contributed by atoms with Crippen LogP contribution < -0.4 is 24.6 Å². The summed E-state index contributed by atoms with van der Waals surface area (Å²) < 4.78 is 13.1. The number of nitrogens with one attached hydrogen (secondary N) is 1. The van der Waals surface area contributed by atoms with Gasteiger partial charge in [-0.2, -0.15) is 0 Å². The Balaban J connectivity index is 1.18. The van der Waals surface area contributed by atoms with Gasteiger partial charge in [-0.3, -0.25) is 9.69 Å². The Labute approximate surface area is 293 Å². The molecule has 2 saturated carbocycles.